The molecule has 0 radical (unpaired) electrons. The van der Waals surface area contributed by atoms with Gasteiger partial charge in [0, 0.05) is 13.2 Å². The van der Waals surface area contributed by atoms with Gasteiger partial charge in [-0.25, -0.2) is 0 Å². The summed E-state index contributed by atoms with van der Waals surface area (Å²) in [4.78, 5) is 0. The second-order valence-corrected chi connectivity index (χ2v) is 5.04. The van der Waals surface area contributed by atoms with Crippen LogP contribution in [0.3, 0.4) is 0 Å². The molecule has 0 spiro atoms. The van der Waals surface area contributed by atoms with Crippen molar-refractivity contribution in [2.45, 2.75) is 31.1 Å². The minimum Gasteiger partial charge on any atom is -0.381 e. The topological polar surface area (TPSA) is 9.23 Å². The Morgan fingerprint density at radius 3 is 2.56 bits per heavy atom. The number of alkyl halides is 1. The largest absolute Gasteiger partial charge is 0.381 e. The average Bonchev–Trinajstić information content (AvgIpc) is 2.38. The van der Waals surface area contributed by atoms with Gasteiger partial charge in [0.2, 0.25) is 0 Å². The van der Waals surface area contributed by atoms with Crippen molar-refractivity contribution in [1.29, 1.82) is 0 Å². The Hall–Kier alpha value is -0.530. The fourth-order valence-corrected chi connectivity index (χ4v) is 2.52. The number of rotatable bonds is 4. The standard InChI is InChI=1S/C14H19ClO/c15-14(13-4-2-1-3-5-13)7-6-12-8-10-16-11-9-12/h1-5,12,14H,6-11H2. The first kappa shape index (κ1) is 11.9. The van der Waals surface area contributed by atoms with E-state index in [1.54, 1.807) is 0 Å². The summed E-state index contributed by atoms with van der Waals surface area (Å²) in [7, 11) is 0. The summed E-state index contributed by atoms with van der Waals surface area (Å²) >= 11 is 6.39. The van der Waals surface area contributed by atoms with Gasteiger partial charge in [-0.05, 0) is 37.2 Å². The smallest absolute Gasteiger partial charge is 0.0585 e. The van der Waals surface area contributed by atoms with E-state index in [1.165, 1.54) is 24.8 Å². The molecule has 1 heterocycles. The quantitative estimate of drug-likeness (QED) is 0.716. The maximum absolute atomic E-state index is 6.39. The molecule has 0 aliphatic carbocycles. The summed E-state index contributed by atoms with van der Waals surface area (Å²) in [5.41, 5.74) is 1.25. The Labute approximate surface area is 103 Å². The Kier molecular flexibility index (Phi) is 4.68. The minimum absolute atomic E-state index is 0.170. The van der Waals surface area contributed by atoms with Crippen LogP contribution < -0.4 is 0 Å². The summed E-state index contributed by atoms with van der Waals surface area (Å²) in [6.45, 7) is 1.87. The third-order valence-electron chi connectivity index (χ3n) is 3.33. The van der Waals surface area contributed by atoms with Crippen molar-refractivity contribution in [3.05, 3.63) is 35.9 Å². The molecule has 1 saturated heterocycles. The Balaban J connectivity index is 1.77. The number of halogens is 1. The maximum atomic E-state index is 6.39. The zero-order valence-corrected chi connectivity index (χ0v) is 10.3. The van der Waals surface area contributed by atoms with Gasteiger partial charge in [-0.3, -0.25) is 0 Å². The highest BCUT2D eigenvalue weighted by molar-refractivity contribution is 6.20. The van der Waals surface area contributed by atoms with E-state index in [9.17, 15) is 0 Å². The van der Waals surface area contributed by atoms with E-state index in [4.69, 9.17) is 16.3 Å². The lowest BCUT2D eigenvalue weighted by molar-refractivity contribution is 0.0632. The van der Waals surface area contributed by atoms with Crippen molar-refractivity contribution in [3.63, 3.8) is 0 Å². The van der Waals surface area contributed by atoms with E-state index in [2.05, 4.69) is 24.3 Å². The monoisotopic (exact) mass is 238 g/mol. The van der Waals surface area contributed by atoms with Crippen molar-refractivity contribution >= 4 is 11.6 Å². The van der Waals surface area contributed by atoms with E-state index in [0.717, 1.165) is 25.6 Å². The van der Waals surface area contributed by atoms with E-state index in [-0.39, 0.29) is 5.38 Å². The molecule has 0 amide bonds. The van der Waals surface area contributed by atoms with Crippen LogP contribution in [0.5, 0.6) is 0 Å². The summed E-state index contributed by atoms with van der Waals surface area (Å²) in [6, 6.07) is 10.4. The van der Waals surface area contributed by atoms with Gasteiger partial charge in [0.1, 0.15) is 0 Å². The van der Waals surface area contributed by atoms with Crippen LogP contribution in [-0.4, -0.2) is 13.2 Å². The van der Waals surface area contributed by atoms with Crippen LogP contribution in [0.4, 0.5) is 0 Å². The molecule has 0 bridgehead atoms. The predicted octanol–water partition coefficient (Wildman–Crippen LogP) is 4.17. The molecule has 0 aromatic heterocycles. The molecule has 16 heavy (non-hydrogen) atoms. The van der Waals surface area contributed by atoms with Crippen molar-refractivity contribution in [2.75, 3.05) is 13.2 Å². The number of ether oxygens (including phenoxy) is 1. The van der Waals surface area contributed by atoms with Crippen molar-refractivity contribution in [1.82, 2.24) is 0 Å². The molecule has 1 fully saturated rings. The van der Waals surface area contributed by atoms with E-state index in [1.807, 2.05) is 6.07 Å². The summed E-state index contributed by atoms with van der Waals surface area (Å²) in [5.74, 6) is 0.818. The van der Waals surface area contributed by atoms with Gasteiger partial charge in [-0.15, -0.1) is 11.6 Å². The van der Waals surface area contributed by atoms with Crippen molar-refractivity contribution in [3.8, 4) is 0 Å². The highest BCUT2D eigenvalue weighted by Crippen LogP contribution is 2.29. The normalized spacial score (nSPS) is 19.6. The van der Waals surface area contributed by atoms with Gasteiger partial charge < -0.3 is 4.74 Å². The summed E-state index contributed by atoms with van der Waals surface area (Å²) in [6.07, 6.45) is 4.72. The molecule has 2 heteroatoms. The first-order valence-electron chi connectivity index (χ1n) is 6.13. The Morgan fingerprint density at radius 1 is 1.19 bits per heavy atom. The van der Waals surface area contributed by atoms with Crippen LogP contribution in [-0.2, 0) is 4.74 Å². The van der Waals surface area contributed by atoms with E-state index >= 15 is 0 Å². The molecule has 1 aliphatic rings. The summed E-state index contributed by atoms with van der Waals surface area (Å²) < 4.78 is 5.36. The van der Waals surface area contributed by atoms with Gasteiger partial charge in [-0.2, -0.15) is 0 Å². The zero-order chi connectivity index (χ0) is 11.2. The maximum Gasteiger partial charge on any atom is 0.0585 e. The lowest BCUT2D eigenvalue weighted by Crippen LogP contribution is -2.15. The highest BCUT2D eigenvalue weighted by Gasteiger charge is 2.16. The lowest BCUT2D eigenvalue weighted by atomic mass is 9.93. The number of hydrogen-bond donors (Lipinski definition) is 0. The SMILES string of the molecule is ClC(CCC1CCOCC1)c1ccccc1. The van der Waals surface area contributed by atoms with Gasteiger partial charge in [-0.1, -0.05) is 30.3 Å². The second-order valence-electron chi connectivity index (χ2n) is 4.51. The number of benzene rings is 1. The van der Waals surface area contributed by atoms with E-state index < -0.39 is 0 Å². The van der Waals surface area contributed by atoms with Gasteiger partial charge >= 0.3 is 0 Å². The minimum atomic E-state index is 0.170. The first-order chi connectivity index (χ1) is 7.86. The molecular formula is C14H19ClO. The van der Waals surface area contributed by atoms with Crippen LogP contribution in [0.25, 0.3) is 0 Å². The van der Waals surface area contributed by atoms with Crippen LogP contribution in [0.1, 0.15) is 36.6 Å². The fourth-order valence-electron chi connectivity index (χ4n) is 2.25. The summed E-state index contributed by atoms with van der Waals surface area (Å²) in [5, 5.41) is 0.170. The van der Waals surface area contributed by atoms with Gasteiger partial charge in [0.25, 0.3) is 0 Å². The van der Waals surface area contributed by atoms with Crippen LogP contribution in [0.15, 0.2) is 30.3 Å². The molecule has 1 atom stereocenters. The predicted molar refractivity (Wildman–Crippen MR) is 67.8 cm³/mol. The first-order valence-corrected chi connectivity index (χ1v) is 6.56. The third kappa shape index (κ3) is 3.50. The molecule has 1 aliphatic heterocycles. The molecule has 88 valence electrons. The van der Waals surface area contributed by atoms with Crippen LogP contribution in [0.2, 0.25) is 0 Å². The molecular weight excluding hydrogens is 220 g/mol. The van der Waals surface area contributed by atoms with Crippen LogP contribution in [0, 0.1) is 5.92 Å². The van der Waals surface area contributed by atoms with Crippen molar-refractivity contribution in [2.24, 2.45) is 5.92 Å². The fraction of sp³-hybridized carbons (Fsp3) is 0.571. The second kappa shape index (κ2) is 6.27. The number of hydrogen-bond acceptors (Lipinski definition) is 1. The molecule has 0 saturated carbocycles. The van der Waals surface area contributed by atoms with E-state index in [0.29, 0.717) is 0 Å². The molecule has 1 aromatic rings. The molecule has 1 nitrogen and oxygen atoms in total. The average molecular weight is 239 g/mol. The van der Waals surface area contributed by atoms with Gasteiger partial charge in [0.05, 0.1) is 5.38 Å². The highest BCUT2D eigenvalue weighted by atomic mass is 35.5. The molecule has 1 aromatic carbocycles. The third-order valence-corrected chi connectivity index (χ3v) is 3.80. The zero-order valence-electron chi connectivity index (χ0n) is 9.57. The molecule has 1 unspecified atom stereocenters. The Bertz CT molecular complexity index is 293. The lowest BCUT2D eigenvalue weighted by Gasteiger charge is -2.22. The van der Waals surface area contributed by atoms with Crippen molar-refractivity contribution < 1.29 is 4.74 Å². The Morgan fingerprint density at radius 2 is 1.88 bits per heavy atom. The van der Waals surface area contributed by atoms with Gasteiger partial charge in [0.15, 0.2) is 0 Å². The van der Waals surface area contributed by atoms with Crippen LogP contribution >= 0.6 is 11.6 Å². The molecule has 2 rings (SSSR count). The molecule has 0 N–H and O–H groups in total.